The van der Waals surface area contributed by atoms with E-state index >= 15 is 0 Å². The molecule has 18 heavy (non-hydrogen) atoms. The van der Waals surface area contributed by atoms with Crippen molar-refractivity contribution in [2.75, 3.05) is 39.6 Å². The summed E-state index contributed by atoms with van der Waals surface area (Å²) in [4.78, 5) is 0. The molecule has 1 rings (SSSR count). The van der Waals surface area contributed by atoms with Crippen molar-refractivity contribution in [2.45, 2.75) is 0 Å². The van der Waals surface area contributed by atoms with Gasteiger partial charge in [0.25, 0.3) is 0 Å². The lowest BCUT2D eigenvalue weighted by atomic mass is 10.3. The molecule has 1 aromatic rings. The SMILES string of the molecule is OCCO.OCCO.OCCOc1ccccc1. The van der Waals surface area contributed by atoms with E-state index in [0.29, 0.717) is 6.61 Å². The molecular formula is C12H22O6. The van der Waals surface area contributed by atoms with Gasteiger partial charge >= 0.3 is 0 Å². The molecule has 0 saturated carbocycles. The molecule has 6 nitrogen and oxygen atoms in total. The number of aliphatic hydroxyl groups excluding tert-OH is 5. The Morgan fingerprint density at radius 3 is 1.44 bits per heavy atom. The van der Waals surface area contributed by atoms with E-state index < -0.39 is 0 Å². The summed E-state index contributed by atoms with van der Waals surface area (Å²) in [5.74, 6) is 0.802. The summed E-state index contributed by atoms with van der Waals surface area (Å²) in [7, 11) is 0. The number of aliphatic hydroxyl groups is 5. The quantitative estimate of drug-likeness (QED) is 0.465. The molecule has 0 fully saturated rings. The summed E-state index contributed by atoms with van der Waals surface area (Å²) in [6.07, 6.45) is 0. The molecule has 0 bridgehead atoms. The molecule has 0 amide bonds. The molecular weight excluding hydrogens is 240 g/mol. The molecule has 0 aliphatic carbocycles. The standard InChI is InChI=1S/C8H10O2.2C2H6O2/c9-6-7-10-8-4-2-1-3-5-8;2*3-1-2-4/h1-5,9H,6-7H2;2*3-4H,1-2H2. The van der Waals surface area contributed by atoms with Crippen LogP contribution >= 0.6 is 0 Å². The van der Waals surface area contributed by atoms with Gasteiger partial charge in [-0.2, -0.15) is 0 Å². The van der Waals surface area contributed by atoms with Crippen LogP contribution in [-0.2, 0) is 0 Å². The zero-order valence-electron chi connectivity index (χ0n) is 10.3. The first-order chi connectivity index (χ1) is 8.76. The Morgan fingerprint density at radius 1 is 0.667 bits per heavy atom. The average molecular weight is 262 g/mol. The Kier molecular flexibility index (Phi) is 19.4. The van der Waals surface area contributed by atoms with Crippen LogP contribution in [0.25, 0.3) is 0 Å². The van der Waals surface area contributed by atoms with Crippen molar-refractivity contribution >= 4 is 0 Å². The molecule has 0 aromatic heterocycles. The molecule has 0 unspecified atom stereocenters. The second-order valence-corrected chi connectivity index (χ2v) is 2.78. The van der Waals surface area contributed by atoms with Gasteiger partial charge in [0.05, 0.1) is 33.0 Å². The largest absolute Gasteiger partial charge is 0.491 e. The van der Waals surface area contributed by atoms with Crippen molar-refractivity contribution in [3.63, 3.8) is 0 Å². The molecule has 0 saturated heterocycles. The van der Waals surface area contributed by atoms with E-state index in [1.54, 1.807) is 0 Å². The number of ether oxygens (including phenoxy) is 1. The lowest BCUT2D eigenvalue weighted by Crippen LogP contribution is -2.00. The van der Waals surface area contributed by atoms with E-state index in [0.717, 1.165) is 5.75 Å². The number of para-hydroxylation sites is 1. The molecule has 106 valence electrons. The molecule has 0 heterocycles. The van der Waals surface area contributed by atoms with Crippen molar-refractivity contribution in [2.24, 2.45) is 0 Å². The second kappa shape index (κ2) is 18.2. The maximum Gasteiger partial charge on any atom is 0.119 e. The zero-order valence-corrected chi connectivity index (χ0v) is 10.3. The Balaban J connectivity index is 0. The Hall–Kier alpha value is -1.18. The molecule has 1 aromatic carbocycles. The third-order valence-corrected chi connectivity index (χ3v) is 1.30. The van der Waals surface area contributed by atoms with Crippen LogP contribution in [0, 0.1) is 0 Å². The molecule has 0 aliphatic rings. The van der Waals surface area contributed by atoms with Gasteiger partial charge in [0.2, 0.25) is 0 Å². The van der Waals surface area contributed by atoms with Gasteiger partial charge in [0.15, 0.2) is 0 Å². The first-order valence-electron chi connectivity index (χ1n) is 5.48. The van der Waals surface area contributed by atoms with Gasteiger partial charge in [0.1, 0.15) is 12.4 Å². The fraction of sp³-hybridized carbons (Fsp3) is 0.500. The van der Waals surface area contributed by atoms with Gasteiger partial charge in [-0.1, -0.05) is 18.2 Å². The van der Waals surface area contributed by atoms with E-state index in [1.165, 1.54) is 0 Å². The van der Waals surface area contributed by atoms with Crippen molar-refractivity contribution in [1.82, 2.24) is 0 Å². The normalized spacial score (nSPS) is 8.50. The summed E-state index contributed by atoms with van der Waals surface area (Å²) >= 11 is 0. The van der Waals surface area contributed by atoms with Crippen LogP contribution in [0.2, 0.25) is 0 Å². The van der Waals surface area contributed by atoms with Crippen LogP contribution in [0.5, 0.6) is 5.75 Å². The summed E-state index contributed by atoms with van der Waals surface area (Å²) in [6.45, 7) is -0.0705. The van der Waals surface area contributed by atoms with Crippen LogP contribution in [-0.4, -0.2) is 65.2 Å². The minimum atomic E-state index is -0.125. The smallest absolute Gasteiger partial charge is 0.119 e. The topological polar surface area (TPSA) is 110 Å². The highest BCUT2D eigenvalue weighted by molar-refractivity contribution is 5.20. The van der Waals surface area contributed by atoms with Gasteiger partial charge in [-0.05, 0) is 12.1 Å². The Labute approximate surface area is 107 Å². The third kappa shape index (κ3) is 17.2. The first-order valence-corrected chi connectivity index (χ1v) is 5.48. The van der Waals surface area contributed by atoms with E-state index in [1.807, 2.05) is 30.3 Å². The highest BCUT2D eigenvalue weighted by Gasteiger charge is 1.86. The molecule has 0 radical (unpaired) electrons. The lowest BCUT2D eigenvalue weighted by Gasteiger charge is -2.01. The Bertz CT molecular complexity index is 221. The monoisotopic (exact) mass is 262 g/mol. The summed E-state index contributed by atoms with van der Waals surface area (Å²) in [5.41, 5.74) is 0. The van der Waals surface area contributed by atoms with Crippen molar-refractivity contribution in [3.05, 3.63) is 30.3 Å². The van der Waals surface area contributed by atoms with Crippen molar-refractivity contribution in [3.8, 4) is 5.75 Å². The molecule has 0 aliphatic heterocycles. The predicted octanol–water partition coefficient (Wildman–Crippen LogP) is -1.00. The van der Waals surface area contributed by atoms with Crippen LogP contribution in [0.3, 0.4) is 0 Å². The maximum atomic E-state index is 8.40. The zero-order chi connectivity index (χ0) is 14.1. The molecule has 0 atom stereocenters. The van der Waals surface area contributed by atoms with Gasteiger partial charge in [0, 0.05) is 0 Å². The van der Waals surface area contributed by atoms with E-state index in [-0.39, 0.29) is 33.0 Å². The Morgan fingerprint density at radius 2 is 1.11 bits per heavy atom. The number of benzene rings is 1. The van der Waals surface area contributed by atoms with Gasteiger partial charge in [-0.25, -0.2) is 0 Å². The first kappa shape index (κ1) is 19.2. The van der Waals surface area contributed by atoms with Crippen molar-refractivity contribution in [1.29, 1.82) is 0 Å². The fourth-order valence-corrected chi connectivity index (χ4v) is 0.680. The second-order valence-electron chi connectivity index (χ2n) is 2.78. The minimum Gasteiger partial charge on any atom is -0.491 e. The van der Waals surface area contributed by atoms with Gasteiger partial charge < -0.3 is 30.3 Å². The van der Waals surface area contributed by atoms with Crippen LogP contribution < -0.4 is 4.74 Å². The number of hydrogen-bond donors (Lipinski definition) is 5. The maximum absolute atomic E-state index is 8.40. The molecule has 6 heteroatoms. The highest BCUT2D eigenvalue weighted by atomic mass is 16.5. The van der Waals surface area contributed by atoms with E-state index in [9.17, 15) is 0 Å². The number of hydrogen-bond acceptors (Lipinski definition) is 6. The summed E-state index contributed by atoms with van der Waals surface area (Å²) in [6, 6.07) is 9.43. The lowest BCUT2D eigenvalue weighted by molar-refractivity contribution is 0.186. The third-order valence-electron chi connectivity index (χ3n) is 1.30. The van der Waals surface area contributed by atoms with Crippen molar-refractivity contribution < 1.29 is 30.3 Å². The van der Waals surface area contributed by atoms with Crippen LogP contribution in [0.1, 0.15) is 0 Å². The van der Waals surface area contributed by atoms with Crippen LogP contribution in [0.4, 0.5) is 0 Å². The van der Waals surface area contributed by atoms with Gasteiger partial charge in [-0.3, -0.25) is 0 Å². The van der Waals surface area contributed by atoms with E-state index in [2.05, 4.69) is 0 Å². The van der Waals surface area contributed by atoms with E-state index in [4.69, 9.17) is 30.3 Å². The fourth-order valence-electron chi connectivity index (χ4n) is 0.680. The van der Waals surface area contributed by atoms with Gasteiger partial charge in [-0.15, -0.1) is 0 Å². The average Bonchev–Trinajstić information content (AvgIpc) is 2.46. The minimum absolute atomic E-state index is 0.0644. The summed E-state index contributed by atoms with van der Waals surface area (Å²) in [5, 5.41) is 38.9. The molecule has 0 spiro atoms. The summed E-state index contributed by atoms with van der Waals surface area (Å²) < 4.78 is 5.11. The van der Waals surface area contributed by atoms with Crippen LogP contribution in [0.15, 0.2) is 30.3 Å². The molecule has 5 N–H and O–H groups in total. The highest BCUT2D eigenvalue weighted by Crippen LogP contribution is 2.06. The number of rotatable bonds is 5. The predicted molar refractivity (Wildman–Crippen MR) is 67.4 cm³/mol.